The Balaban J connectivity index is 2.24. The van der Waals surface area contributed by atoms with Crippen LogP contribution in [-0.2, 0) is 0 Å². The largest absolute Gasteiger partial charge is 0.366 e. The molecule has 0 saturated heterocycles. The third-order valence-corrected chi connectivity index (χ3v) is 3.10. The van der Waals surface area contributed by atoms with Crippen molar-refractivity contribution in [2.75, 3.05) is 14.1 Å². The van der Waals surface area contributed by atoms with E-state index in [1.54, 1.807) is 0 Å². The van der Waals surface area contributed by atoms with Crippen LogP contribution in [-0.4, -0.2) is 30.9 Å². The van der Waals surface area contributed by atoms with E-state index in [1.165, 1.54) is 12.3 Å². The highest BCUT2D eigenvalue weighted by Gasteiger charge is 2.38. The minimum atomic E-state index is 0.183. The average Bonchev–Trinajstić information content (AvgIpc) is 2.18. The number of fused-ring (bicyclic) bond motifs is 2. The standard InChI is InChI=1S/C10H15N3/c1-13(2)10-7-3-4-9(12-10)8(5-7)6-11/h7-9H,3-5H2,1-2H3/t7-,8-,9+/m0/s1. The normalized spacial score (nSPS) is 36.7. The lowest BCUT2D eigenvalue weighted by molar-refractivity contribution is 0.281. The van der Waals surface area contributed by atoms with Crippen LogP contribution in [0.3, 0.4) is 0 Å². The van der Waals surface area contributed by atoms with Crippen LogP contribution in [0.15, 0.2) is 4.99 Å². The van der Waals surface area contributed by atoms with Crippen LogP contribution in [0, 0.1) is 23.2 Å². The van der Waals surface area contributed by atoms with Gasteiger partial charge < -0.3 is 4.90 Å². The van der Waals surface area contributed by atoms with Gasteiger partial charge in [-0.15, -0.1) is 0 Å². The minimum Gasteiger partial charge on any atom is -0.366 e. The van der Waals surface area contributed by atoms with Crippen LogP contribution < -0.4 is 0 Å². The second-order valence-corrected chi connectivity index (χ2v) is 4.19. The summed E-state index contributed by atoms with van der Waals surface area (Å²) < 4.78 is 0. The molecule has 2 aliphatic heterocycles. The van der Waals surface area contributed by atoms with E-state index in [1.807, 2.05) is 14.1 Å². The molecule has 1 saturated carbocycles. The fourth-order valence-corrected chi connectivity index (χ4v) is 2.44. The first-order valence-electron chi connectivity index (χ1n) is 4.87. The van der Waals surface area contributed by atoms with Crippen LogP contribution >= 0.6 is 0 Å². The fraction of sp³-hybridized carbons (Fsp3) is 0.800. The molecule has 3 heteroatoms. The third-order valence-electron chi connectivity index (χ3n) is 3.10. The molecule has 0 aromatic rings. The highest BCUT2D eigenvalue weighted by Crippen LogP contribution is 2.37. The molecule has 0 spiro atoms. The second-order valence-electron chi connectivity index (χ2n) is 4.19. The Morgan fingerprint density at radius 1 is 1.46 bits per heavy atom. The number of hydrogen-bond donors (Lipinski definition) is 0. The van der Waals surface area contributed by atoms with Gasteiger partial charge >= 0.3 is 0 Å². The molecule has 0 unspecified atom stereocenters. The van der Waals surface area contributed by atoms with Crippen LogP contribution in [0.25, 0.3) is 0 Å². The van der Waals surface area contributed by atoms with Crippen LogP contribution in [0.5, 0.6) is 0 Å². The van der Waals surface area contributed by atoms with Crippen LogP contribution in [0.4, 0.5) is 0 Å². The van der Waals surface area contributed by atoms with Gasteiger partial charge in [-0.3, -0.25) is 4.99 Å². The Hall–Kier alpha value is -1.04. The fourth-order valence-electron chi connectivity index (χ4n) is 2.44. The summed E-state index contributed by atoms with van der Waals surface area (Å²) in [5.74, 6) is 1.94. The summed E-state index contributed by atoms with van der Waals surface area (Å²) in [6.45, 7) is 0. The molecule has 3 nitrogen and oxygen atoms in total. The van der Waals surface area contributed by atoms with E-state index in [2.05, 4.69) is 16.0 Å². The number of nitrogens with zero attached hydrogens (tertiary/aromatic N) is 3. The molecule has 3 rings (SSSR count). The molecule has 0 aromatic carbocycles. The maximum Gasteiger partial charge on any atom is 0.102 e. The molecule has 70 valence electrons. The quantitative estimate of drug-likeness (QED) is 0.559. The zero-order chi connectivity index (χ0) is 9.42. The van der Waals surface area contributed by atoms with Gasteiger partial charge in [0.05, 0.1) is 18.0 Å². The number of amidine groups is 1. The Kier molecular flexibility index (Phi) is 1.99. The van der Waals surface area contributed by atoms with Gasteiger partial charge in [0.1, 0.15) is 5.84 Å². The van der Waals surface area contributed by atoms with Gasteiger partial charge in [-0.2, -0.15) is 5.26 Å². The molecular weight excluding hydrogens is 162 g/mol. The Morgan fingerprint density at radius 3 is 2.69 bits per heavy atom. The summed E-state index contributed by atoms with van der Waals surface area (Å²) in [6.07, 6.45) is 3.36. The minimum absolute atomic E-state index is 0.183. The second kappa shape index (κ2) is 3.02. The van der Waals surface area contributed by atoms with Crippen molar-refractivity contribution in [1.29, 1.82) is 5.26 Å². The van der Waals surface area contributed by atoms with E-state index in [4.69, 9.17) is 5.26 Å². The van der Waals surface area contributed by atoms with Gasteiger partial charge in [0.15, 0.2) is 0 Å². The van der Waals surface area contributed by atoms with Gasteiger partial charge in [-0.25, -0.2) is 0 Å². The Bertz CT molecular complexity index is 274. The average molecular weight is 177 g/mol. The van der Waals surface area contributed by atoms with Crippen molar-refractivity contribution in [3.05, 3.63) is 0 Å². The zero-order valence-electron chi connectivity index (χ0n) is 8.20. The summed E-state index contributed by atoms with van der Waals surface area (Å²) in [7, 11) is 4.09. The predicted octanol–water partition coefficient (Wildman–Crippen LogP) is 1.27. The van der Waals surface area contributed by atoms with Gasteiger partial charge in [0.2, 0.25) is 0 Å². The highest BCUT2D eigenvalue weighted by atomic mass is 15.2. The summed E-state index contributed by atoms with van der Waals surface area (Å²) in [5.41, 5.74) is 0. The lowest BCUT2D eigenvalue weighted by Gasteiger charge is -2.39. The molecule has 2 heterocycles. The lowest BCUT2D eigenvalue weighted by atomic mass is 9.75. The highest BCUT2D eigenvalue weighted by molar-refractivity contribution is 5.85. The van der Waals surface area contributed by atoms with E-state index in [-0.39, 0.29) is 12.0 Å². The molecule has 0 amide bonds. The van der Waals surface area contributed by atoms with Crippen molar-refractivity contribution in [2.45, 2.75) is 25.3 Å². The topological polar surface area (TPSA) is 39.4 Å². The first-order chi connectivity index (χ1) is 6.22. The van der Waals surface area contributed by atoms with E-state index in [9.17, 15) is 0 Å². The summed E-state index contributed by atoms with van der Waals surface area (Å²) >= 11 is 0. The van der Waals surface area contributed by atoms with Crippen molar-refractivity contribution in [3.63, 3.8) is 0 Å². The molecule has 3 aliphatic rings. The van der Waals surface area contributed by atoms with E-state index in [0.29, 0.717) is 5.92 Å². The maximum atomic E-state index is 8.91. The molecule has 0 N–H and O–H groups in total. The molecule has 13 heavy (non-hydrogen) atoms. The van der Waals surface area contributed by atoms with Gasteiger partial charge in [-0.05, 0) is 19.3 Å². The predicted molar refractivity (Wildman–Crippen MR) is 51.4 cm³/mol. The van der Waals surface area contributed by atoms with Crippen molar-refractivity contribution < 1.29 is 0 Å². The van der Waals surface area contributed by atoms with E-state index < -0.39 is 0 Å². The summed E-state index contributed by atoms with van der Waals surface area (Å²) in [5, 5.41) is 8.91. The molecule has 0 aromatic heterocycles. The van der Waals surface area contributed by atoms with E-state index in [0.717, 1.165) is 12.8 Å². The molecular formula is C10H15N3. The number of hydrogen-bond acceptors (Lipinski definition) is 3. The number of aliphatic imine (C=N–C) groups is 1. The first kappa shape index (κ1) is 8.55. The molecule has 0 radical (unpaired) electrons. The molecule has 3 atom stereocenters. The lowest BCUT2D eigenvalue weighted by Crippen LogP contribution is -2.43. The van der Waals surface area contributed by atoms with Crippen molar-refractivity contribution >= 4 is 5.84 Å². The van der Waals surface area contributed by atoms with Crippen molar-refractivity contribution in [1.82, 2.24) is 4.90 Å². The van der Waals surface area contributed by atoms with Crippen LogP contribution in [0.2, 0.25) is 0 Å². The zero-order valence-corrected chi connectivity index (χ0v) is 8.20. The smallest absolute Gasteiger partial charge is 0.102 e. The van der Waals surface area contributed by atoms with Crippen LogP contribution in [0.1, 0.15) is 19.3 Å². The third kappa shape index (κ3) is 1.31. The van der Waals surface area contributed by atoms with Gasteiger partial charge in [-0.1, -0.05) is 0 Å². The summed E-state index contributed by atoms with van der Waals surface area (Å²) in [4.78, 5) is 6.72. The number of nitriles is 1. The SMILES string of the molecule is CN(C)C1=N[C@@H]2CC[C@H]1C[C@H]2C#N. The Morgan fingerprint density at radius 2 is 2.23 bits per heavy atom. The van der Waals surface area contributed by atoms with Crippen molar-refractivity contribution in [3.8, 4) is 6.07 Å². The van der Waals surface area contributed by atoms with E-state index >= 15 is 0 Å². The monoisotopic (exact) mass is 177 g/mol. The van der Waals surface area contributed by atoms with Crippen molar-refractivity contribution in [2.24, 2.45) is 16.8 Å². The maximum absolute atomic E-state index is 8.91. The molecule has 2 bridgehead atoms. The summed E-state index contributed by atoms with van der Waals surface area (Å²) in [6, 6.07) is 2.65. The van der Waals surface area contributed by atoms with Gasteiger partial charge in [0, 0.05) is 20.0 Å². The molecule has 1 aliphatic carbocycles. The Labute approximate surface area is 79.1 Å². The number of rotatable bonds is 0. The first-order valence-corrected chi connectivity index (χ1v) is 4.87. The van der Waals surface area contributed by atoms with Gasteiger partial charge in [0.25, 0.3) is 0 Å². The molecule has 1 fully saturated rings.